The molecule has 0 radical (unpaired) electrons. The van der Waals surface area contributed by atoms with E-state index >= 15 is 0 Å². The Morgan fingerprint density at radius 2 is 2.33 bits per heavy atom. The number of carbonyl (C=O) groups is 1. The zero-order valence-electron chi connectivity index (χ0n) is 8.75. The quantitative estimate of drug-likeness (QED) is 0.372. The van der Waals surface area contributed by atoms with Crippen LogP contribution in [0.4, 0.5) is 0 Å². The standard InChI is InChI=1S/C10H16N2O3/c1-7(8(13)6-11)10(14)12-9-4-2-3-5-15-9/h6,9,11,13H,2-5H2,1H3,(H,12,14)/b8-7+,11-6?. The van der Waals surface area contributed by atoms with E-state index < -0.39 is 0 Å². The van der Waals surface area contributed by atoms with Gasteiger partial charge < -0.3 is 20.6 Å². The Hall–Kier alpha value is -1.36. The average molecular weight is 212 g/mol. The molecule has 1 rings (SSSR count). The number of hydrogen-bond donors (Lipinski definition) is 3. The lowest BCUT2D eigenvalue weighted by molar-refractivity contribution is -0.123. The fourth-order valence-corrected chi connectivity index (χ4v) is 1.33. The van der Waals surface area contributed by atoms with Gasteiger partial charge in [-0.1, -0.05) is 0 Å². The van der Waals surface area contributed by atoms with Gasteiger partial charge in [-0.2, -0.15) is 0 Å². The zero-order valence-corrected chi connectivity index (χ0v) is 8.75. The maximum absolute atomic E-state index is 11.5. The molecule has 1 heterocycles. The van der Waals surface area contributed by atoms with Gasteiger partial charge in [-0.25, -0.2) is 0 Å². The van der Waals surface area contributed by atoms with E-state index in [0.29, 0.717) is 6.61 Å². The smallest absolute Gasteiger partial charge is 0.252 e. The highest BCUT2D eigenvalue weighted by Crippen LogP contribution is 2.11. The number of carbonyl (C=O) groups excluding carboxylic acids is 1. The monoisotopic (exact) mass is 212 g/mol. The van der Waals surface area contributed by atoms with Gasteiger partial charge in [0, 0.05) is 6.61 Å². The summed E-state index contributed by atoms with van der Waals surface area (Å²) in [7, 11) is 0. The van der Waals surface area contributed by atoms with Crippen molar-refractivity contribution in [1.29, 1.82) is 5.41 Å². The number of hydrogen-bond acceptors (Lipinski definition) is 4. The highest BCUT2D eigenvalue weighted by molar-refractivity contribution is 5.97. The molecule has 0 bridgehead atoms. The molecule has 0 aromatic heterocycles. The Balaban J connectivity index is 2.50. The molecular weight excluding hydrogens is 196 g/mol. The van der Waals surface area contributed by atoms with E-state index in [1.165, 1.54) is 6.92 Å². The van der Waals surface area contributed by atoms with Crippen molar-refractivity contribution >= 4 is 12.1 Å². The topological polar surface area (TPSA) is 82.4 Å². The zero-order chi connectivity index (χ0) is 11.3. The van der Waals surface area contributed by atoms with Gasteiger partial charge in [-0.05, 0) is 26.2 Å². The van der Waals surface area contributed by atoms with E-state index in [2.05, 4.69) is 5.32 Å². The van der Waals surface area contributed by atoms with Gasteiger partial charge in [-0.3, -0.25) is 4.79 Å². The summed E-state index contributed by atoms with van der Waals surface area (Å²) in [5, 5.41) is 18.6. The van der Waals surface area contributed by atoms with E-state index in [1.807, 2.05) is 0 Å². The molecular formula is C10H16N2O3. The second-order valence-electron chi connectivity index (χ2n) is 3.48. The molecule has 15 heavy (non-hydrogen) atoms. The van der Waals surface area contributed by atoms with Crippen LogP contribution in [0.3, 0.4) is 0 Å². The van der Waals surface area contributed by atoms with Crippen LogP contribution in [0.15, 0.2) is 11.3 Å². The molecule has 1 amide bonds. The molecule has 0 spiro atoms. The third-order valence-electron chi connectivity index (χ3n) is 2.33. The fourth-order valence-electron chi connectivity index (χ4n) is 1.33. The number of amides is 1. The van der Waals surface area contributed by atoms with Gasteiger partial charge in [0.25, 0.3) is 5.91 Å². The molecule has 0 aliphatic carbocycles. The molecule has 1 unspecified atom stereocenters. The molecule has 1 fully saturated rings. The summed E-state index contributed by atoms with van der Waals surface area (Å²) in [5.74, 6) is -0.703. The van der Waals surface area contributed by atoms with Crippen LogP contribution in [0.25, 0.3) is 0 Å². The molecule has 1 atom stereocenters. The Bertz CT molecular complexity index is 280. The number of nitrogens with one attached hydrogen (secondary N) is 2. The maximum atomic E-state index is 11.5. The van der Waals surface area contributed by atoms with E-state index in [-0.39, 0.29) is 23.5 Å². The molecule has 0 saturated carbocycles. The first kappa shape index (κ1) is 11.7. The average Bonchev–Trinajstić information content (AvgIpc) is 2.28. The first-order valence-electron chi connectivity index (χ1n) is 4.98. The number of rotatable bonds is 3. The second kappa shape index (κ2) is 5.50. The van der Waals surface area contributed by atoms with Crippen LogP contribution < -0.4 is 5.32 Å². The maximum Gasteiger partial charge on any atom is 0.252 e. The number of aliphatic hydroxyl groups is 1. The van der Waals surface area contributed by atoms with E-state index in [4.69, 9.17) is 15.3 Å². The van der Waals surface area contributed by atoms with Crippen LogP contribution in [-0.4, -0.2) is 30.1 Å². The number of allylic oxidation sites excluding steroid dienone is 1. The Morgan fingerprint density at radius 3 is 2.87 bits per heavy atom. The van der Waals surface area contributed by atoms with Crippen molar-refractivity contribution in [1.82, 2.24) is 5.32 Å². The Labute approximate surface area is 88.6 Å². The molecule has 5 heteroatoms. The molecule has 5 nitrogen and oxygen atoms in total. The SMILES string of the molecule is C/C(C(=O)NC1CCCCO1)=C(\O)C=N. The highest BCUT2D eigenvalue weighted by atomic mass is 16.5. The number of ether oxygens (including phenoxy) is 1. The minimum absolute atomic E-state index is 0.138. The van der Waals surface area contributed by atoms with Gasteiger partial charge in [0.1, 0.15) is 12.0 Å². The Kier molecular flexibility index (Phi) is 4.30. The minimum Gasteiger partial charge on any atom is -0.506 e. The number of aliphatic hydroxyl groups excluding tert-OH is 1. The van der Waals surface area contributed by atoms with Crippen molar-refractivity contribution in [3.05, 3.63) is 11.3 Å². The summed E-state index contributed by atoms with van der Waals surface area (Å²) < 4.78 is 5.32. The summed E-state index contributed by atoms with van der Waals surface area (Å²) in [6, 6.07) is 0. The minimum atomic E-state index is -0.386. The fraction of sp³-hybridized carbons (Fsp3) is 0.600. The molecule has 3 N–H and O–H groups in total. The van der Waals surface area contributed by atoms with Crippen LogP contribution >= 0.6 is 0 Å². The first-order chi connectivity index (χ1) is 7.15. The predicted octanol–water partition coefficient (Wildman–Crippen LogP) is 1.11. The van der Waals surface area contributed by atoms with E-state index in [9.17, 15) is 4.79 Å². The molecule has 1 saturated heterocycles. The lowest BCUT2D eigenvalue weighted by Gasteiger charge is -2.23. The van der Waals surface area contributed by atoms with Crippen LogP contribution in [0.2, 0.25) is 0 Å². The van der Waals surface area contributed by atoms with Crippen molar-refractivity contribution in [2.75, 3.05) is 6.61 Å². The molecule has 1 aliphatic heterocycles. The van der Waals surface area contributed by atoms with Crippen molar-refractivity contribution in [3.63, 3.8) is 0 Å². The largest absolute Gasteiger partial charge is 0.506 e. The first-order valence-corrected chi connectivity index (χ1v) is 4.98. The summed E-state index contributed by atoms with van der Waals surface area (Å²) >= 11 is 0. The van der Waals surface area contributed by atoms with Gasteiger partial charge in [0.15, 0.2) is 0 Å². The van der Waals surface area contributed by atoms with Crippen molar-refractivity contribution in [3.8, 4) is 0 Å². The van der Waals surface area contributed by atoms with Crippen LogP contribution in [0, 0.1) is 5.41 Å². The van der Waals surface area contributed by atoms with Crippen LogP contribution in [0.1, 0.15) is 26.2 Å². The van der Waals surface area contributed by atoms with E-state index in [0.717, 1.165) is 25.5 Å². The van der Waals surface area contributed by atoms with Gasteiger partial charge >= 0.3 is 0 Å². The molecule has 0 aromatic carbocycles. The summed E-state index contributed by atoms with van der Waals surface area (Å²) in [6.07, 6.45) is 3.33. The third-order valence-corrected chi connectivity index (χ3v) is 2.33. The Morgan fingerprint density at radius 1 is 1.60 bits per heavy atom. The van der Waals surface area contributed by atoms with Crippen molar-refractivity contribution in [2.45, 2.75) is 32.4 Å². The normalized spacial score (nSPS) is 22.9. The van der Waals surface area contributed by atoms with Crippen molar-refractivity contribution < 1.29 is 14.6 Å². The van der Waals surface area contributed by atoms with Crippen LogP contribution in [-0.2, 0) is 9.53 Å². The summed E-state index contributed by atoms with van der Waals surface area (Å²) in [6.45, 7) is 2.13. The highest BCUT2D eigenvalue weighted by Gasteiger charge is 2.17. The van der Waals surface area contributed by atoms with Gasteiger partial charge in [0.2, 0.25) is 0 Å². The third kappa shape index (κ3) is 3.36. The molecule has 0 aromatic rings. The summed E-state index contributed by atoms with van der Waals surface area (Å²) in [5.41, 5.74) is 0.138. The predicted molar refractivity (Wildman–Crippen MR) is 55.8 cm³/mol. The van der Waals surface area contributed by atoms with Crippen molar-refractivity contribution in [2.24, 2.45) is 0 Å². The van der Waals surface area contributed by atoms with Gasteiger partial charge in [-0.15, -0.1) is 0 Å². The second-order valence-corrected chi connectivity index (χ2v) is 3.48. The molecule has 84 valence electrons. The molecule has 1 aliphatic rings. The lowest BCUT2D eigenvalue weighted by Crippen LogP contribution is -2.39. The lowest BCUT2D eigenvalue weighted by atomic mass is 10.1. The summed E-state index contributed by atoms with van der Waals surface area (Å²) in [4.78, 5) is 11.5. The van der Waals surface area contributed by atoms with Crippen LogP contribution in [0.5, 0.6) is 0 Å². The van der Waals surface area contributed by atoms with E-state index in [1.54, 1.807) is 0 Å². The van der Waals surface area contributed by atoms with Gasteiger partial charge in [0.05, 0.1) is 11.8 Å².